The summed E-state index contributed by atoms with van der Waals surface area (Å²) in [6, 6.07) is 1.88. The van der Waals surface area contributed by atoms with Gasteiger partial charge in [-0.2, -0.15) is 0 Å². The maximum absolute atomic E-state index is 4.31. The zero-order valence-electron chi connectivity index (χ0n) is 7.03. The lowest BCUT2D eigenvalue weighted by Crippen LogP contribution is -2.41. The Labute approximate surface area is 80.1 Å². The summed E-state index contributed by atoms with van der Waals surface area (Å²) < 4.78 is 3.03. The number of nitrogens with one attached hydrogen (secondary N) is 3. The minimum absolute atomic E-state index is 0.700. The van der Waals surface area contributed by atoms with Gasteiger partial charge < -0.3 is 0 Å². The van der Waals surface area contributed by atoms with Crippen molar-refractivity contribution in [3.05, 3.63) is 18.5 Å². The van der Waals surface area contributed by atoms with Crippen LogP contribution in [0.4, 0.5) is 5.69 Å². The maximum atomic E-state index is 4.31. The van der Waals surface area contributed by atoms with Gasteiger partial charge in [-0.05, 0) is 18.0 Å². The molecule has 0 amide bonds. The average Bonchev–Trinajstić information content (AvgIpc) is 2.18. The molecule has 0 atom stereocenters. The van der Waals surface area contributed by atoms with E-state index >= 15 is 0 Å². The number of pyridine rings is 1. The number of nitrogens with zero attached hydrogens (tertiary/aromatic N) is 2. The molecule has 0 unspecified atom stereocenters. The van der Waals surface area contributed by atoms with Crippen LogP contribution >= 0.6 is 11.9 Å². The summed E-state index contributed by atoms with van der Waals surface area (Å²) in [6.45, 7) is 0. The highest BCUT2D eigenvalue weighted by Crippen LogP contribution is 2.28. The van der Waals surface area contributed by atoms with Crippen LogP contribution in [0, 0.1) is 0 Å². The predicted molar refractivity (Wildman–Crippen MR) is 52.5 cm³/mol. The lowest BCUT2D eigenvalue weighted by Gasteiger charge is -2.15. The van der Waals surface area contributed by atoms with Gasteiger partial charge in [0.05, 0.1) is 10.6 Å². The minimum atomic E-state index is 0.700. The fourth-order valence-corrected chi connectivity index (χ4v) is 1.60. The van der Waals surface area contributed by atoms with E-state index in [-0.39, 0.29) is 0 Å². The van der Waals surface area contributed by atoms with Crippen molar-refractivity contribution < 1.29 is 0 Å². The van der Waals surface area contributed by atoms with Gasteiger partial charge in [0.15, 0.2) is 0 Å². The number of aromatic nitrogens is 1. The molecule has 13 heavy (non-hydrogen) atoms. The molecular formula is C7H9N5S. The average molecular weight is 195 g/mol. The van der Waals surface area contributed by atoms with E-state index in [9.17, 15) is 0 Å². The van der Waals surface area contributed by atoms with Gasteiger partial charge in [-0.3, -0.25) is 15.1 Å². The molecule has 1 aliphatic heterocycles. The third kappa shape index (κ3) is 1.73. The monoisotopic (exact) mass is 195 g/mol. The van der Waals surface area contributed by atoms with Crippen molar-refractivity contribution >= 4 is 23.6 Å². The van der Waals surface area contributed by atoms with Crippen LogP contribution in [0.25, 0.3) is 0 Å². The number of aliphatic imine (C=N–C) groups is 1. The van der Waals surface area contributed by atoms with E-state index in [1.165, 1.54) is 11.9 Å². The van der Waals surface area contributed by atoms with E-state index in [1.807, 2.05) is 6.07 Å². The lowest BCUT2D eigenvalue weighted by atomic mass is 10.4. The van der Waals surface area contributed by atoms with Crippen molar-refractivity contribution in [3.8, 4) is 0 Å². The number of hydrogen-bond donors (Lipinski definition) is 3. The number of hydrazine groups is 1. The molecule has 1 aliphatic rings. The fourth-order valence-electron chi connectivity index (χ4n) is 0.962. The molecule has 0 radical (unpaired) electrons. The van der Waals surface area contributed by atoms with Crippen LogP contribution < -0.4 is 15.6 Å². The molecule has 0 spiro atoms. The van der Waals surface area contributed by atoms with Gasteiger partial charge in [-0.25, -0.2) is 10.4 Å². The zero-order valence-corrected chi connectivity index (χ0v) is 7.85. The smallest absolute Gasteiger partial charge is 0.221 e. The maximum Gasteiger partial charge on any atom is 0.221 e. The van der Waals surface area contributed by atoms with Gasteiger partial charge in [0.2, 0.25) is 5.96 Å². The van der Waals surface area contributed by atoms with Crippen molar-refractivity contribution in [3.63, 3.8) is 0 Å². The molecule has 0 fully saturated rings. The normalized spacial score (nSPS) is 14.1. The van der Waals surface area contributed by atoms with Gasteiger partial charge in [0.1, 0.15) is 0 Å². The van der Waals surface area contributed by atoms with Crippen molar-refractivity contribution in [2.45, 2.75) is 4.90 Å². The van der Waals surface area contributed by atoms with Gasteiger partial charge >= 0.3 is 0 Å². The molecular weight excluding hydrogens is 186 g/mol. The molecule has 3 N–H and O–H groups in total. The van der Waals surface area contributed by atoms with Crippen LogP contribution in [0.1, 0.15) is 0 Å². The van der Waals surface area contributed by atoms with Crippen LogP contribution in [0.5, 0.6) is 0 Å². The van der Waals surface area contributed by atoms with E-state index in [4.69, 9.17) is 0 Å². The van der Waals surface area contributed by atoms with Crippen molar-refractivity contribution in [2.24, 2.45) is 4.99 Å². The standard InChI is InChI=1S/C7H9N5S/c1-8-11-7-10-5-2-3-9-4-6(5)13-12-7/h2-4,8H,1H3,(H2,10,11,12). The molecule has 0 aromatic carbocycles. The summed E-state index contributed by atoms with van der Waals surface area (Å²) in [4.78, 5) is 9.34. The van der Waals surface area contributed by atoms with E-state index in [1.54, 1.807) is 19.4 Å². The second kappa shape index (κ2) is 3.63. The van der Waals surface area contributed by atoms with Crippen LogP contribution in [0.15, 0.2) is 28.3 Å². The minimum Gasteiger partial charge on any atom is -0.295 e. The molecule has 1 aromatic heterocycles. The number of rotatable bonds is 1. The van der Waals surface area contributed by atoms with Crippen molar-refractivity contribution in [2.75, 3.05) is 7.05 Å². The molecule has 6 heteroatoms. The van der Waals surface area contributed by atoms with Crippen molar-refractivity contribution in [1.82, 2.24) is 20.6 Å². The Morgan fingerprint density at radius 1 is 1.54 bits per heavy atom. The topological polar surface area (TPSA) is 61.3 Å². The Bertz CT molecular complexity index is 337. The Morgan fingerprint density at radius 3 is 3.31 bits per heavy atom. The third-order valence-corrected chi connectivity index (χ3v) is 2.33. The number of hydrogen-bond acceptors (Lipinski definition) is 6. The summed E-state index contributed by atoms with van der Waals surface area (Å²) in [5.74, 6) is 0.700. The molecule has 5 nitrogen and oxygen atoms in total. The predicted octanol–water partition coefficient (Wildman–Crippen LogP) is 0.403. The first-order chi connectivity index (χ1) is 6.40. The highest BCUT2D eigenvalue weighted by Gasteiger charge is 2.10. The molecule has 68 valence electrons. The second-order valence-electron chi connectivity index (χ2n) is 2.38. The molecule has 1 aromatic rings. The van der Waals surface area contributed by atoms with E-state index in [2.05, 4.69) is 25.6 Å². The van der Waals surface area contributed by atoms with Gasteiger partial charge in [0, 0.05) is 19.4 Å². The van der Waals surface area contributed by atoms with E-state index in [0.717, 1.165) is 10.6 Å². The van der Waals surface area contributed by atoms with Gasteiger partial charge in [-0.15, -0.1) is 0 Å². The molecule has 0 bridgehead atoms. The number of fused-ring (bicyclic) bond motifs is 1. The Kier molecular flexibility index (Phi) is 2.33. The Morgan fingerprint density at radius 2 is 2.46 bits per heavy atom. The summed E-state index contributed by atoms with van der Waals surface area (Å²) in [7, 11) is 1.79. The molecule has 0 saturated carbocycles. The fraction of sp³-hybridized carbons (Fsp3) is 0.143. The lowest BCUT2D eigenvalue weighted by molar-refractivity contribution is 0.755. The first kappa shape index (κ1) is 8.33. The quantitative estimate of drug-likeness (QED) is 0.447. The molecule has 0 saturated heterocycles. The first-order valence-electron chi connectivity index (χ1n) is 3.78. The Hall–Kier alpha value is -1.27. The summed E-state index contributed by atoms with van der Waals surface area (Å²) >= 11 is 1.49. The summed E-state index contributed by atoms with van der Waals surface area (Å²) in [6.07, 6.45) is 3.51. The highest BCUT2D eigenvalue weighted by molar-refractivity contribution is 7.98. The summed E-state index contributed by atoms with van der Waals surface area (Å²) in [5.41, 5.74) is 6.60. The van der Waals surface area contributed by atoms with Crippen molar-refractivity contribution in [1.29, 1.82) is 0 Å². The largest absolute Gasteiger partial charge is 0.295 e. The molecule has 2 heterocycles. The van der Waals surface area contributed by atoms with Gasteiger partial charge in [-0.1, -0.05) is 0 Å². The van der Waals surface area contributed by atoms with E-state index < -0.39 is 0 Å². The summed E-state index contributed by atoms with van der Waals surface area (Å²) in [5, 5.41) is 0. The first-order valence-corrected chi connectivity index (χ1v) is 4.60. The zero-order chi connectivity index (χ0) is 9.10. The van der Waals surface area contributed by atoms with Crippen LogP contribution in [0.2, 0.25) is 0 Å². The van der Waals surface area contributed by atoms with Crippen LogP contribution in [-0.4, -0.2) is 18.0 Å². The third-order valence-electron chi connectivity index (χ3n) is 1.50. The SMILES string of the molecule is CNNC1=Nc2ccncc2SN1. The Balaban J connectivity index is 2.28. The van der Waals surface area contributed by atoms with E-state index in [0.29, 0.717) is 5.96 Å². The van der Waals surface area contributed by atoms with Gasteiger partial charge in [0.25, 0.3) is 0 Å². The van der Waals surface area contributed by atoms with Crippen LogP contribution in [0.3, 0.4) is 0 Å². The van der Waals surface area contributed by atoms with Crippen LogP contribution in [-0.2, 0) is 0 Å². The highest BCUT2D eigenvalue weighted by atomic mass is 32.2. The molecule has 2 rings (SSSR count). The second-order valence-corrected chi connectivity index (χ2v) is 3.23. The molecule has 0 aliphatic carbocycles. The number of guanidine groups is 1.